The van der Waals surface area contributed by atoms with E-state index in [1.54, 1.807) is 0 Å². The fourth-order valence-electron chi connectivity index (χ4n) is 2.59. The Hall–Kier alpha value is -1.68. The van der Waals surface area contributed by atoms with E-state index in [-0.39, 0.29) is 0 Å². The third-order valence-electron chi connectivity index (χ3n) is 3.63. The van der Waals surface area contributed by atoms with Gasteiger partial charge in [-0.15, -0.1) is 5.10 Å². The van der Waals surface area contributed by atoms with E-state index in [4.69, 9.17) is 0 Å². The van der Waals surface area contributed by atoms with E-state index < -0.39 is 0 Å². The second-order valence-corrected chi connectivity index (χ2v) is 4.90. The quantitative estimate of drug-likeness (QED) is 0.827. The van der Waals surface area contributed by atoms with Crippen LogP contribution in [0.15, 0.2) is 24.3 Å². The number of benzene rings is 1. The smallest absolute Gasteiger partial charge is 0.159 e. The van der Waals surface area contributed by atoms with Gasteiger partial charge in [0.15, 0.2) is 5.82 Å². The molecule has 0 bridgehead atoms. The molecule has 1 aromatic carbocycles. The highest BCUT2D eigenvalue weighted by Crippen LogP contribution is 2.27. The fourth-order valence-corrected chi connectivity index (χ4v) is 2.59. The van der Waals surface area contributed by atoms with Crippen molar-refractivity contribution in [2.24, 2.45) is 0 Å². The Morgan fingerprint density at radius 2 is 2.00 bits per heavy atom. The summed E-state index contributed by atoms with van der Waals surface area (Å²) >= 11 is 0. The van der Waals surface area contributed by atoms with Crippen molar-refractivity contribution < 1.29 is 0 Å². The number of piperazine rings is 1. The number of aryl methyl sites for hydroxylation is 1. The summed E-state index contributed by atoms with van der Waals surface area (Å²) in [6, 6.07) is 8.85. The highest BCUT2D eigenvalue weighted by atomic mass is 15.3. The normalized spacial score (nSPS) is 20.3. The van der Waals surface area contributed by atoms with Gasteiger partial charge in [0, 0.05) is 36.4 Å². The third-order valence-corrected chi connectivity index (χ3v) is 3.63. The Morgan fingerprint density at radius 3 is 2.78 bits per heavy atom. The van der Waals surface area contributed by atoms with E-state index in [0.717, 1.165) is 31.1 Å². The van der Waals surface area contributed by atoms with Crippen LogP contribution < -0.4 is 10.2 Å². The molecule has 4 nitrogen and oxygen atoms in total. The van der Waals surface area contributed by atoms with Crippen LogP contribution in [-0.2, 0) is 0 Å². The molecule has 4 heteroatoms. The molecule has 1 aliphatic heterocycles. The van der Waals surface area contributed by atoms with Crippen LogP contribution in [0.3, 0.4) is 0 Å². The molecule has 1 aliphatic rings. The predicted molar refractivity (Wildman–Crippen MR) is 74.0 cm³/mol. The first-order chi connectivity index (χ1) is 8.77. The highest BCUT2D eigenvalue weighted by molar-refractivity contribution is 5.93. The van der Waals surface area contributed by atoms with Gasteiger partial charge in [0.05, 0.1) is 5.69 Å². The monoisotopic (exact) mass is 242 g/mol. The van der Waals surface area contributed by atoms with Gasteiger partial charge < -0.3 is 10.2 Å². The maximum atomic E-state index is 4.43. The van der Waals surface area contributed by atoms with Crippen LogP contribution in [0.4, 0.5) is 5.82 Å². The van der Waals surface area contributed by atoms with Gasteiger partial charge in [-0.1, -0.05) is 24.3 Å². The second kappa shape index (κ2) is 4.53. The lowest BCUT2D eigenvalue weighted by atomic mass is 10.1. The first kappa shape index (κ1) is 11.4. The lowest BCUT2D eigenvalue weighted by Crippen LogP contribution is -2.50. The maximum Gasteiger partial charge on any atom is 0.159 e. The van der Waals surface area contributed by atoms with Crippen molar-refractivity contribution in [1.82, 2.24) is 15.5 Å². The number of hydrogen-bond donors (Lipinski definition) is 1. The molecule has 0 radical (unpaired) electrons. The van der Waals surface area contributed by atoms with Crippen molar-refractivity contribution in [3.8, 4) is 0 Å². The summed E-state index contributed by atoms with van der Waals surface area (Å²) < 4.78 is 0. The zero-order valence-electron chi connectivity index (χ0n) is 10.8. The molecule has 1 saturated heterocycles. The van der Waals surface area contributed by atoms with Crippen LogP contribution in [-0.4, -0.2) is 35.9 Å². The molecular formula is C14H18N4. The van der Waals surface area contributed by atoms with Gasteiger partial charge in [0.1, 0.15) is 0 Å². The lowest BCUT2D eigenvalue weighted by molar-refractivity contribution is 0.497. The minimum atomic E-state index is 0.458. The third kappa shape index (κ3) is 1.82. The van der Waals surface area contributed by atoms with Crippen LogP contribution in [0.1, 0.15) is 12.6 Å². The first-order valence-electron chi connectivity index (χ1n) is 6.47. The van der Waals surface area contributed by atoms with Crippen molar-refractivity contribution in [3.63, 3.8) is 0 Å². The number of aromatic nitrogens is 2. The van der Waals surface area contributed by atoms with E-state index in [1.165, 1.54) is 10.8 Å². The molecule has 94 valence electrons. The molecule has 0 aliphatic carbocycles. The summed E-state index contributed by atoms with van der Waals surface area (Å²) in [5.41, 5.74) is 0.997. The molecule has 2 heterocycles. The molecule has 1 unspecified atom stereocenters. The summed E-state index contributed by atoms with van der Waals surface area (Å²) in [6.45, 7) is 7.24. The van der Waals surface area contributed by atoms with E-state index in [1.807, 2.05) is 6.92 Å². The number of anilines is 1. The zero-order chi connectivity index (χ0) is 12.5. The van der Waals surface area contributed by atoms with E-state index in [9.17, 15) is 0 Å². The lowest BCUT2D eigenvalue weighted by Gasteiger charge is -2.35. The predicted octanol–water partition coefficient (Wildman–Crippen LogP) is 1.74. The largest absolute Gasteiger partial charge is 0.349 e. The fraction of sp³-hybridized carbons (Fsp3) is 0.429. The molecule has 0 spiro atoms. The standard InChI is InChI=1S/C14H18N4/c1-10-9-15-7-8-18(10)14-13-6-4-3-5-12(13)11(2)16-17-14/h3-6,10,15H,7-9H2,1-2H3. The molecule has 0 amide bonds. The summed E-state index contributed by atoms with van der Waals surface area (Å²) in [6.07, 6.45) is 0. The van der Waals surface area contributed by atoms with Gasteiger partial charge >= 0.3 is 0 Å². The van der Waals surface area contributed by atoms with Gasteiger partial charge in [0.25, 0.3) is 0 Å². The molecule has 1 fully saturated rings. The summed E-state index contributed by atoms with van der Waals surface area (Å²) in [4.78, 5) is 2.35. The Kier molecular flexibility index (Phi) is 2.88. The first-order valence-corrected chi connectivity index (χ1v) is 6.47. The zero-order valence-corrected chi connectivity index (χ0v) is 10.8. The van der Waals surface area contributed by atoms with E-state index in [0.29, 0.717) is 6.04 Å². The van der Waals surface area contributed by atoms with Crippen LogP contribution in [0, 0.1) is 6.92 Å². The van der Waals surface area contributed by atoms with Crippen molar-refractivity contribution in [2.75, 3.05) is 24.5 Å². The van der Waals surface area contributed by atoms with Gasteiger partial charge in [-0.3, -0.25) is 0 Å². The van der Waals surface area contributed by atoms with Crippen molar-refractivity contribution in [3.05, 3.63) is 30.0 Å². The molecule has 1 aromatic heterocycles. The summed E-state index contributed by atoms with van der Waals surface area (Å²) in [7, 11) is 0. The van der Waals surface area contributed by atoms with Gasteiger partial charge in [-0.05, 0) is 13.8 Å². The Labute approximate surface area is 107 Å². The van der Waals surface area contributed by atoms with Crippen LogP contribution in [0.25, 0.3) is 10.8 Å². The van der Waals surface area contributed by atoms with Crippen molar-refractivity contribution in [1.29, 1.82) is 0 Å². The second-order valence-electron chi connectivity index (χ2n) is 4.90. The average Bonchev–Trinajstić information content (AvgIpc) is 2.41. The number of nitrogens with one attached hydrogen (secondary N) is 1. The van der Waals surface area contributed by atoms with Crippen molar-refractivity contribution >= 4 is 16.6 Å². The molecular weight excluding hydrogens is 224 g/mol. The van der Waals surface area contributed by atoms with E-state index in [2.05, 4.69) is 51.6 Å². The summed E-state index contributed by atoms with van der Waals surface area (Å²) in [5.74, 6) is 1.02. The average molecular weight is 242 g/mol. The molecule has 18 heavy (non-hydrogen) atoms. The molecule has 3 rings (SSSR count). The molecule has 2 aromatic rings. The number of rotatable bonds is 1. The number of hydrogen-bond acceptors (Lipinski definition) is 4. The Bertz CT molecular complexity index is 567. The molecule has 1 atom stereocenters. The van der Waals surface area contributed by atoms with Crippen LogP contribution >= 0.6 is 0 Å². The number of nitrogens with zero attached hydrogens (tertiary/aromatic N) is 3. The minimum absolute atomic E-state index is 0.458. The van der Waals surface area contributed by atoms with E-state index >= 15 is 0 Å². The highest BCUT2D eigenvalue weighted by Gasteiger charge is 2.21. The Morgan fingerprint density at radius 1 is 1.22 bits per heavy atom. The van der Waals surface area contributed by atoms with Crippen LogP contribution in [0.2, 0.25) is 0 Å². The van der Waals surface area contributed by atoms with Crippen molar-refractivity contribution in [2.45, 2.75) is 19.9 Å². The number of fused-ring (bicyclic) bond motifs is 1. The van der Waals surface area contributed by atoms with Gasteiger partial charge in [0.2, 0.25) is 0 Å². The van der Waals surface area contributed by atoms with Gasteiger partial charge in [-0.2, -0.15) is 5.10 Å². The Balaban J connectivity index is 2.14. The molecule has 0 saturated carbocycles. The van der Waals surface area contributed by atoms with Gasteiger partial charge in [-0.25, -0.2) is 0 Å². The maximum absolute atomic E-state index is 4.43. The molecule has 1 N–H and O–H groups in total. The summed E-state index contributed by atoms with van der Waals surface area (Å²) in [5, 5.41) is 14.5. The SMILES string of the molecule is Cc1nnc(N2CCNCC2C)c2ccccc12. The topological polar surface area (TPSA) is 41.1 Å². The van der Waals surface area contributed by atoms with Crippen LogP contribution in [0.5, 0.6) is 0 Å². The minimum Gasteiger partial charge on any atom is -0.349 e.